The molecule has 30 heavy (non-hydrogen) atoms. The Labute approximate surface area is 180 Å². The van der Waals surface area contributed by atoms with Gasteiger partial charge in [-0.05, 0) is 48.7 Å². The molecule has 0 aliphatic rings. The third-order valence-electron chi connectivity index (χ3n) is 4.20. The van der Waals surface area contributed by atoms with Crippen molar-refractivity contribution in [2.75, 3.05) is 12.4 Å². The number of halogens is 1. The first-order chi connectivity index (χ1) is 14.3. The van der Waals surface area contributed by atoms with Gasteiger partial charge in [0.2, 0.25) is 11.8 Å². The Balaban J connectivity index is 1.87. The Morgan fingerprint density at radius 2 is 1.97 bits per heavy atom. The molecule has 7 nitrogen and oxygen atoms in total. The summed E-state index contributed by atoms with van der Waals surface area (Å²) >= 11 is 6.03. The number of phenolic OH excluding ortho intramolecular Hbond substituents is 1. The molecule has 0 fully saturated rings. The molecule has 2 aromatic carbocycles. The Bertz CT molecular complexity index is 973. The number of nitrogens with one attached hydrogen (secondary N) is 2. The van der Waals surface area contributed by atoms with Crippen molar-refractivity contribution >= 4 is 35.3 Å². The summed E-state index contributed by atoms with van der Waals surface area (Å²) in [5.41, 5.74) is 5.13. The van der Waals surface area contributed by atoms with E-state index in [-0.39, 0.29) is 24.5 Å². The van der Waals surface area contributed by atoms with Gasteiger partial charge >= 0.3 is 0 Å². The van der Waals surface area contributed by atoms with Crippen LogP contribution in [-0.4, -0.2) is 30.2 Å². The van der Waals surface area contributed by atoms with E-state index in [1.807, 2.05) is 6.92 Å². The summed E-state index contributed by atoms with van der Waals surface area (Å²) in [6, 6.07) is 8.52. The van der Waals surface area contributed by atoms with Crippen molar-refractivity contribution in [2.24, 2.45) is 5.10 Å². The highest BCUT2D eigenvalue weighted by atomic mass is 35.5. The second-order valence-electron chi connectivity index (χ2n) is 6.53. The minimum atomic E-state index is -0.402. The maximum absolute atomic E-state index is 12.0. The van der Waals surface area contributed by atoms with Gasteiger partial charge in [0.25, 0.3) is 0 Å². The Morgan fingerprint density at radius 3 is 2.63 bits per heavy atom. The second kappa shape index (κ2) is 11.0. The fourth-order valence-electron chi connectivity index (χ4n) is 2.59. The summed E-state index contributed by atoms with van der Waals surface area (Å²) in [7, 11) is 1.45. The number of hydrogen-bond acceptors (Lipinski definition) is 5. The van der Waals surface area contributed by atoms with Crippen LogP contribution < -0.4 is 15.5 Å². The molecule has 0 aliphatic carbocycles. The Morgan fingerprint density at radius 1 is 1.23 bits per heavy atom. The van der Waals surface area contributed by atoms with Crippen LogP contribution in [0, 0.1) is 6.92 Å². The largest absolute Gasteiger partial charge is 0.504 e. The molecule has 158 valence electrons. The minimum Gasteiger partial charge on any atom is -0.504 e. The third-order valence-corrected chi connectivity index (χ3v) is 4.61. The average Bonchev–Trinajstić information content (AvgIpc) is 2.71. The van der Waals surface area contributed by atoms with Gasteiger partial charge in [0.15, 0.2) is 11.5 Å². The summed E-state index contributed by atoms with van der Waals surface area (Å²) in [6.45, 7) is 5.52. The lowest BCUT2D eigenvalue weighted by Gasteiger charge is -2.09. The number of hydrogen-bond donors (Lipinski definition) is 3. The van der Waals surface area contributed by atoms with Crippen molar-refractivity contribution in [1.82, 2.24) is 5.43 Å². The van der Waals surface area contributed by atoms with Crippen molar-refractivity contribution in [2.45, 2.75) is 26.2 Å². The molecule has 2 rings (SSSR count). The first-order valence-electron chi connectivity index (χ1n) is 9.22. The number of amides is 2. The van der Waals surface area contributed by atoms with Crippen LogP contribution in [0.25, 0.3) is 0 Å². The monoisotopic (exact) mass is 429 g/mol. The third kappa shape index (κ3) is 6.63. The van der Waals surface area contributed by atoms with Crippen LogP contribution in [-0.2, 0) is 16.0 Å². The molecule has 0 unspecified atom stereocenters. The fraction of sp³-hybridized carbons (Fsp3) is 0.227. The first kappa shape index (κ1) is 23.0. The zero-order valence-electron chi connectivity index (χ0n) is 16.9. The summed E-state index contributed by atoms with van der Waals surface area (Å²) in [6.07, 6.45) is 3.53. The van der Waals surface area contributed by atoms with Gasteiger partial charge in [-0.15, -0.1) is 6.58 Å². The number of phenols is 1. The molecule has 0 aromatic heterocycles. The average molecular weight is 430 g/mol. The Kier molecular flexibility index (Phi) is 8.43. The maximum Gasteiger partial charge on any atom is 0.240 e. The lowest BCUT2D eigenvalue weighted by molar-refractivity contribution is -0.124. The smallest absolute Gasteiger partial charge is 0.240 e. The van der Waals surface area contributed by atoms with Gasteiger partial charge in [-0.25, -0.2) is 5.43 Å². The van der Waals surface area contributed by atoms with E-state index in [2.05, 4.69) is 22.4 Å². The van der Waals surface area contributed by atoms with Crippen molar-refractivity contribution in [3.8, 4) is 11.5 Å². The molecule has 0 atom stereocenters. The van der Waals surface area contributed by atoms with E-state index < -0.39 is 5.91 Å². The standard InChI is InChI=1S/C22H24ClN3O4/c1-4-5-16-10-15(11-19(30-3)22(16)29)13-24-26-21(28)9-8-20(27)25-17-7-6-14(2)18(23)12-17/h4,6-7,10-13,29H,1,5,8-9H2,2-3H3,(H,25,27)(H,26,28). The zero-order valence-corrected chi connectivity index (χ0v) is 17.6. The van der Waals surface area contributed by atoms with Gasteiger partial charge < -0.3 is 15.2 Å². The number of anilines is 1. The predicted octanol–water partition coefficient (Wildman–Crippen LogP) is 3.96. The number of methoxy groups -OCH3 is 1. The van der Waals surface area contributed by atoms with Crippen molar-refractivity contribution in [3.63, 3.8) is 0 Å². The quantitative estimate of drug-likeness (QED) is 0.319. The molecule has 0 radical (unpaired) electrons. The van der Waals surface area contributed by atoms with Crippen molar-refractivity contribution in [1.29, 1.82) is 0 Å². The number of rotatable bonds is 9. The van der Waals surface area contributed by atoms with Crippen LogP contribution in [0.5, 0.6) is 11.5 Å². The van der Waals surface area contributed by atoms with Crippen LogP contribution >= 0.6 is 11.6 Å². The topological polar surface area (TPSA) is 100 Å². The lowest BCUT2D eigenvalue weighted by atomic mass is 10.1. The van der Waals surface area contributed by atoms with E-state index in [0.717, 1.165) is 5.56 Å². The highest BCUT2D eigenvalue weighted by molar-refractivity contribution is 6.31. The summed E-state index contributed by atoms with van der Waals surface area (Å²) in [4.78, 5) is 23.9. The van der Waals surface area contributed by atoms with E-state index in [1.54, 1.807) is 36.4 Å². The zero-order chi connectivity index (χ0) is 22.1. The Hall–Kier alpha value is -3.32. The number of allylic oxidation sites excluding steroid dienone is 1. The van der Waals surface area contributed by atoms with Crippen molar-refractivity contribution in [3.05, 3.63) is 64.7 Å². The number of aryl methyl sites for hydroxylation is 1. The molecule has 0 saturated heterocycles. The molecule has 2 amide bonds. The van der Waals surface area contributed by atoms with E-state index in [9.17, 15) is 14.7 Å². The van der Waals surface area contributed by atoms with Crippen molar-refractivity contribution < 1.29 is 19.4 Å². The molecule has 0 aliphatic heterocycles. The van der Waals surface area contributed by atoms with Gasteiger partial charge in [-0.2, -0.15) is 5.10 Å². The highest BCUT2D eigenvalue weighted by Gasteiger charge is 2.10. The number of hydrazone groups is 1. The number of ether oxygens (including phenoxy) is 1. The van der Waals surface area contributed by atoms with Gasteiger partial charge in [-0.3, -0.25) is 9.59 Å². The van der Waals surface area contributed by atoms with E-state index in [0.29, 0.717) is 34.0 Å². The molecule has 0 heterocycles. The molecular weight excluding hydrogens is 406 g/mol. The molecule has 0 saturated carbocycles. The fourth-order valence-corrected chi connectivity index (χ4v) is 2.77. The van der Waals surface area contributed by atoms with Crippen LogP contribution in [0.3, 0.4) is 0 Å². The molecule has 8 heteroatoms. The van der Waals surface area contributed by atoms with Gasteiger partial charge in [0.05, 0.1) is 13.3 Å². The second-order valence-corrected chi connectivity index (χ2v) is 6.94. The summed E-state index contributed by atoms with van der Waals surface area (Å²) in [5.74, 6) is -0.360. The van der Waals surface area contributed by atoms with Crippen LogP contribution in [0.15, 0.2) is 48.1 Å². The molecule has 0 bridgehead atoms. The summed E-state index contributed by atoms with van der Waals surface area (Å²) in [5, 5.41) is 17.2. The number of carbonyl (C=O) groups is 2. The number of nitrogens with zero attached hydrogens (tertiary/aromatic N) is 1. The number of aromatic hydroxyl groups is 1. The minimum absolute atomic E-state index is 0.00334. The van der Waals surface area contributed by atoms with Gasteiger partial charge in [0.1, 0.15) is 0 Å². The van der Waals surface area contributed by atoms with Gasteiger partial charge in [0, 0.05) is 29.1 Å². The predicted molar refractivity (Wildman–Crippen MR) is 118 cm³/mol. The number of carbonyl (C=O) groups excluding carboxylic acids is 2. The molecule has 2 aromatic rings. The van der Waals surface area contributed by atoms with Crippen LogP contribution in [0.2, 0.25) is 5.02 Å². The van der Waals surface area contributed by atoms with Crippen LogP contribution in [0.1, 0.15) is 29.5 Å². The summed E-state index contributed by atoms with van der Waals surface area (Å²) < 4.78 is 5.14. The SMILES string of the molecule is C=CCc1cc(C=NNC(=O)CCC(=O)Nc2ccc(C)c(Cl)c2)cc(OC)c1O. The number of benzene rings is 2. The highest BCUT2D eigenvalue weighted by Crippen LogP contribution is 2.31. The van der Waals surface area contributed by atoms with Crippen LogP contribution in [0.4, 0.5) is 5.69 Å². The van der Waals surface area contributed by atoms with Gasteiger partial charge in [-0.1, -0.05) is 23.7 Å². The van der Waals surface area contributed by atoms with E-state index in [1.165, 1.54) is 13.3 Å². The lowest BCUT2D eigenvalue weighted by Crippen LogP contribution is -2.20. The van der Waals surface area contributed by atoms with E-state index in [4.69, 9.17) is 16.3 Å². The molecule has 3 N–H and O–H groups in total. The molecular formula is C22H24ClN3O4. The first-order valence-corrected chi connectivity index (χ1v) is 9.60. The molecule has 0 spiro atoms. The van der Waals surface area contributed by atoms with E-state index >= 15 is 0 Å². The maximum atomic E-state index is 12.0. The normalized spacial score (nSPS) is 10.6.